The van der Waals surface area contributed by atoms with Crippen molar-refractivity contribution >= 4 is 32.5 Å². The van der Waals surface area contributed by atoms with Gasteiger partial charge in [-0.3, -0.25) is 0 Å². The van der Waals surface area contributed by atoms with Gasteiger partial charge in [-0.05, 0) is 25.1 Å². The molecule has 0 aliphatic heterocycles. The minimum atomic E-state index is -0.224. The first kappa shape index (κ1) is 9.15. The highest BCUT2D eigenvalue weighted by Crippen LogP contribution is 2.39. The maximum absolute atomic E-state index is 12.6. The van der Waals surface area contributed by atoms with Crippen molar-refractivity contribution in [2.45, 2.75) is 25.0 Å². The Kier molecular flexibility index (Phi) is 2.64. The second-order valence-corrected chi connectivity index (χ2v) is 5.95. The zero-order valence-electron chi connectivity index (χ0n) is 7.29. The van der Waals surface area contributed by atoms with E-state index >= 15 is 0 Å². The van der Waals surface area contributed by atoms with Gasteiger partial charge < -0.3 is 4.72 Å². The minimum Gasteiger partial charge on any atom is -0.311 e. The number of thiazole rings is 1. The van der Waals surface area contributed by atoms with Crippen molar-refractivity contribution in [1.29, 1.82) is 0 Å². The summed E-state index contributed by atoms with van der Waals surface area (Å²) in [5.41, 5.74) is 0. The molecule has 1 aromatic heterocycles. The number of hydrogen-bond donors (Lipinski definition) is 1. The summed E-state index contributed by atoms with van der Waals surface area (Å²) in [6, 6.07) is 0. The third-order valence-electron chi connectivity index (χ3n) is 1.82. The van der Waals surface area contributed by atoms with E-state index in [1.165, 1.54) is 19.0 Å². The maximum atomic E-state index is 12.6. The molecule has 1 saturated carbocycles. The van der Waals surface area contributed by atoms with Crippen molar-refractivity contribution < 1.29 is 4.39 Å². The van der Waals surface area contributed by atoms with Crippen molar-refractivity contribution in [1.82, 2.24) is 4.98 Å². The van der Waals surface area contributed by atoms with Crippen molar-refractivity contribution in [2.75, 3.05) is 4.72 Å². The average Bonchev–Trinajstić information content (AvgIpc) is 2.87. The average molecular weight is 218 g/mol. The van der Waals surface area contributed by atoms with Gasteiger partial charge in [0.05, 0.1) is 6.20 Å². The van der Waals surface area contributed by atoms with Crippen molar-refractivity contribution in [3.05, 3.63) is 11.3 Å². The van der Waals surface area contributed by atoms with Crippen LogP contribution in [0.3, 0.4) is 0 Å². The van der Waals surface area contributed by atoms with E-state index < -0.39 is 0 Å². The smallest absolute Gasteiger partial charge is 0.198 e. The molecule has 0 amide bonds. The van der Waals surface area contributed by atoms with Crippen LogP contribution in [-0.2, 0) is 0 Å². The van der Waals surface area contributed by atoms with Gasteiger partial charge in [0, 0.05) is 5.25 Å². The van der Waals surface area contributed by atoms with Gasteiger partial charge in [0.15, 0.2) is 10.3 Å². The molecule has 1 unspecified atom stereocenters. The summed E-state index contributed by atoms with van der Waals surface area (Å²) >= 11 is 1.07. The normalized spacial score (nSPS) is 18.9. The van der Waals surface area contributed by atoms with Crippen LogP contribution in [0.15, 0.2) is 6.20 Å². The topological polar surface area (TPSA) is 24.9 Å². The number of halogens is 1. The lowest BCUT2D eigenvalue weighted by Gasteiger charge is -2.06. The van der Waals surface area contributed by atoms with Gasteiger partial charge in [-0.2, -0.15) is 4.39 Å². The molecule has 2 nitrogen and oxygen atoms in total. The van der Waals surface area contributed by atoms with E-state index in [1.807, 2.05) is 6.92 Å². The summed E-state index contributed by atoms with van der Waals surface area (Å²) in [5, 5.41) is 3.39. The Morgan fingerprint density at radius 1 is 1.77 bits per heavy atom. The first-order chi connectivity index (χ1) is 6.29. The standard InChI is InChI=1S/C8H11FN2S2/c1-2-13(6-3-4-6)11-8-10-5-7(9)12-8/h2,5-6H,3-4H2,1H3,(H,10,11). The highest BCUT2D eigenvalue weighted by atomic mass is 32.2. The first-order valence-corrected chi connectivity index (χ1v) is 6.35. The highest BCUT2D eigenvalue weighted by molar-refractivity contribution is 8.16. The lowest BCUT2D eigenvalue weighted by molar-refractivity contribution is 0.653. The van der Waals surface area contributed by atoms with Crippen LogP contribution in [-0.4, -0.2) is 15.6 Å². The van der Waals surface area contributed by atoms with Gasteiger partial charge in [-0.1, -0.05) is 22.0 Å². The Morgan fingerprint density at radius 2 is 2.54 bits per heavy atom. The molecule has 2 rings (SSSR count). The van der Waals surface area contributed by atoms with Crippen LogP contribution in [0.2, 0.25) is 0 Å². The van der Waals surface area contributed by atoms with Gasteiger partial charge in [-0.25, -0.2) is 4.98 Å². The Labute approximate surface area is 83.3 Å². The fraction of sp³-hybridized carbons (Fsp3) is 0.500. The fourth-order valence-corrected chi connectivity index (χ4v) is 3.48. The summed E-state index contributed by atoms with van der Waals surface area (Å²) in [4.78, 5) is 3.93. The molecule has 1 fully saturated rings. The number of nitrogens with zero attached hydrogens (tertiary/aromatic N) is 1. The fourth-order valence-electron chi connectivity index (χ4n) is 1.06. The largest absolute Gasteiger partial charge is 0.311 e. The number of hydrogen-bond acceptors (Lipinski definition) is 3. The quantitative estimate of drug-likeness (QED) is 0.789. The molecule has 1 aliphatic carbocycles. The van der Waals surface area contributed by atoms with E-state index in [0.29, 0.717) is 5.13 Å². The SMILES string of the molecule is C/C=S(/Nc1ncc(F)s1)C1CC1. The monoisotopic (exact) mass is 218 g/mol. The Bertz CT molecular complexity index is 331. The van der Waals surface area contributed by atoms with Gasteiger partial charge in [0.2, 0.25) is 0 Å². The molecule has 1 aromatic rings. The van der Waals surface area contributed by atoms with E-state index in [2.05, 4.69) is 15.1 Å². The molecule has 0 saturated heterocycles. The Morgan fingerprint density at radius 3 is 3.00 bits per heavy atom. The molecule has 13 heavy (non-hydrogen) atoms. The predicted molar refractivity (Wildman–Crippen MR) is 58.0 cm³/mol. The van der Waals surface area contributed by atoms with E-state index in [-0.39, 0.29) is 15.8 Å². The van der Waals surface area contributed by atoms with E-state index in [0.717, 1.165) is 16.6 Å². The summed E-state index contributed by atoms with van der Waals surface area (Å²) < 4.78 is 15.9. The van der Waals surface area contributed by atoms with Crippen LogP contribution in [0, 0.1) is 5.13 Å². The zero-order valence-corrected chi connectivity index (χ0v) is 8.92. The molecule has 1 atom stereocenters. The van der Waals surface area contributed by atoms with E-state index in [1.54, 1.807) is 0 Å². The molecule has 1 heterocycles. The first-order valence-electron chi connectivity index (χ1n) is 4.19. The van der Waals surface area contributed by atoms with Gasteiger partial charge in [0.25, 0.3) is 0 Å². The summed E-state index contributed by atoms with van der Waals surface area (Å²) in [7, 11) is 0.0966. The minimum absolute atomic E-state index is 0.0966. The second-order valence-electron chi connectivity index (χ2n) is 2.88. The van der Waals surface area contributed by atoms with Crippen LogP contribution >= 0.6 is 22.0 Å². The molecule has 0 aromatic carbocycles. The summed E-state index contributed by atoms with van der Waals surface area (Å²) in [6.45, 7) is 2.04. The molecule has 1 aliphatic rings. The Hall–Kier alpha value is -0.420. The lowest BCUT2D eigenvalue weighted by Crippen LogP contribution is -1.94. The van der Waals surface area contributed by atoms with Crippen LogP contribution in [0.25, 0.3) is 0 Å². The van der Waals surface area contributed by atoms with Crippen molar-refractivity contribution in [3.63, 3.8) is 0 Å². The van der Waals surface area contributed by atoms with Gasteiger partial charge >= 0.3 is 0 Å². The molecule has 0 radical (unpaired) electrons. The molecule has 0 spiro atoms. The molecule has 0 bridgehead atoms. The third-order valence-corrected chi connectivity index (χ3v) is 4.78. The molecule has 5 heteroatoms. The number of aromatic nitrogens is 1. The lowest BCUT2D eigenvalue weighted by atomic mass is 11.0. The summed E-state index contributed by atoms with van der Waals surface area (Å²) in [6.07, 6.45) is 3.83. The maximum Gasteiger partial charge on any atom is 0.198 e. The molecule has 72 valence electrons. The Balaban J connectivity index is 2.03. The predicted octanol–water partition coefficient (Wildman–Crippen LogP) is 2.86. The molecular weight excluding hydrogens is 207 g/mol. The van der Waals surface area contributed by atoms with E-state index in [4.69, 9.17) is 0 Å². The van der Waals surface area contributed by atoms with Crippen LogP contribution in [0.5, 0.6) is 0 Å². The van der Waals surface area contributed by atoms with Gasteiger partial charge in [0.1, 0.15) is 0 Å². The third kappa shape index (κ3) is 2.28. The second kappa shape index (κ2) is 3.75. The number of rotatable bonds is 3. The van der Waals surface area contributed by atoms with Crippen molar-refractivity contribution in [2.24, 2.45) is 0 Å². The van der Waals surface area contributed by atoms with Gasteiger partial charge in [-0.15, -0.1) is 0 Å². The molecular formula is C8H11FN2S2. The highest BCUT2D eigenvalue weighted by Gasteiger charge is 2.25. The summed E-state index contributed by atoms with van der Waals surface area (Å²) in [5.74, 6) is 0. The van der Waals surface area contributed by atoms with Crippen LogP contribution in [0.1, 0.15) is 19.8 Å². The number of nitrogens with one attached hydrogen (secondary N) is 1. The van der Waals surface area contributed by atoms with Crippen molar-refractivity contribution in [3.8, 4) is 0 Å². The van der Waals surface area contributed by atoms with Crippen LogP contribution < -0.4 is 4.72 Å². The molecule has 1 N–H and O–H groups in total. The zero-order chi connectivity index (χ0) is 9.26. The van der Waals surface area contributed by atoms with E-state index in [9.17, 15) is 4.39 Å². The van der Waals surface area contributed by atoms with Crippen LogP contribution in [0.4, 0.5) is 9.52 Å². The number of anilines is 1.